The van der Waals surface area contributed by atoms with Crippen LogP contribution >= 0.6 is 0 Å². The number of carboxylic acid groups (broad SMARTS) is 1. The van der Waals surface area contributed by atoms with Crippen LogP contribution in [0.5, 0.6) is 0 Å². The van der Waals surface area contributed by atoms with Crippen molar-refractivity contribution < 1.29 is 57.8 Å². The number of imide groups is 1. The number of rotatable bonds is 27. The van der Waals surface area contributed by atoms with E-state index < -0.39 is 91.1 Å². The number of hydrogen-bond acceptors (Lipinski definition) is 11. The third kappa shape index (κ3) is 18.9. The average molecular weight is 910 g/mol. The van der Waals surface area contributed by atoms with E-state index in [1.807, 2.05) is 27.7 Å². The molecule has 65 heavy (non-hydrogen) atoms. The summed E-state index contributed by atoms with van der Waals surface area (Å²) in [6, 6.07) is 4.48. The molecule has 1 fully saturated rings. The minimum Gasteiger partial charge on any atom is -0.480 e. The molecule has 21 nitrogen and oxygen atoms in total. The van der Waals surface area contributed by atoms with E-state index >= 15 is 0 Å². The van der Waals surface area contributed by atoms with Crippen LogP contribution < -0.4 is 37.2 Å². The van der Waals surface area contributed by atoms with Gasteiger partial charge in [0.2, 0.25) is 47.3 Å². The molecular weight excluding hydrogens is 847 g/mol. The molecule has 21 heteroatoms. The van der Waals surface area contributed by atoms with Gasteiger partial charge < -0.3 is 47.2 Å². The molecular formula is C44H63N9O12. The topological polar surface area (TPSA) is 299 Å². The van der Waals surface area contributed by atoms with E-state index in [4.69, 9.17) is 5.11 Å². The maximum Gasteiger partial charge on any atom is 0.322 e. The molecule has 4 atom stereocenters. The predicted molar refractivity (Wildman–Crippen MR) is 234 cm³/mol. The Bertz CT molecular complexity index is 1900. The van der Waals surface area contributed by atoms with Crippen LogP contribution in [0.25, 0.3) is 0 Å². The van der Waals surface area contributed by atoms with E-state index in [2.05, 4.69) is 37.2 Å². The van der Waals surface area contributed by atoms with Crippen LogP contribution in [-0.4, -0.2) is 143 Å². The zero-order chi connectivity index (χ0) is 48.1. The smallest absolute Gasteiger partial charge is 0.322 e. The van der Waals surface area contributed by atoms with E-state index in [1.54, 1.807) is 30.3 Å². The number of nitrogens with zero attached hydrogens (tertiary/aromatic N) is 2. The van der Waals surface area contributed by atoms with Crippen molar-refractivity contribution in [3.8, 4) is 0 Å². The third-order valence-corrected chi connectivity index (χ3v) is 10.4. The Balaban J connectivity index is 1.48. The van der Waals surface area contributed by atoms with Crippen LogP contribution in [0.3, 0.4) is 0 Å². The summed E-state index contributed by atoms with van der Waals surface area (Å²) in [4.78, 5) is 141. The van der Waals surface area contributed by atoms with Gasteiger partial charge in [-0.05, 0) is 55.9 Å². The number of carbonyl (C=O) groups excluding carboxylic acids is 10. The van der Waals surface area contributed by atoms with E-state index in [0.717, 1.165) is 4.90 Å². The number of unbranched alkanes of at least 4 members (excludes halogenated alkanes) is 2. The van der Waals surface area contributed by atoms with Crippen molar-refractivity contribution in [2.24, 2.45) is 11.8 Å². The summed E-state index contributed by atoms with van der Waals surface area (Å²) in [6.45, 7) is 5.72. The van der Waals surface area contributed by atoms with Gasteiger partial charge in [-0.15, -0.1) is 0 Å². The first kappa shape index (κ1) is 52.7. The Kier molecular flexibility index (Phi) is 21.7. The molecule has 2 aliphatic rings. The molecule has 0 radical (unpaired) electrons. The van der Waals surface area contributed by atoms with Crippen molar-refractivity contribution in [1.29, 1.82) is 0 Å². The fourth-order valence-electron chi connectivity index (χ4n) is 7.18. The maximum absolute atomic E-state index is 13.5. The van der Waals surface area contributed by atoms with Crippen molar-refractivity contribution in [3.63, 3.8) is 0 Å². The van der Waals surface area contributed by atoms with Crippen LogP contribution in [0.15, 0.2) is 42.5 Å². The summed E-state index contributed by atoms with van der Waals surface area (Å²) < 4.78 is 0. The first-order valence-corrected chi connectivity index (χ1v) is 21.9. The highest BCUT2D eigenvalue weighted by Crippen LogP contribution is 2.19. The molecule has 8 N–H and O–H groups in total. The van der Waals surface area contributed by atoms with Crippen LogP contribution in [0.2, 0.25) is 0 Å². The fraction of sp³-hybridized carbons (Fsp3) is 0.568. The van der Waals surface area contributed by atoms with Crippen LogP contribution in [-0.2, 0) is 59.2 Å². The number of aliphatic carboxylic acids is 1. The van der Waals surface area contributed by atoms with Gasteiger partial charge in [0.15, 0.2) is 0 Å². The Morgan fingerprint density at radius 1 is 0.646 bits per heavy atom. The Hall–Kier alpha value is -6.67. The van der Waals surface area contributed by atoms with Crippen molar-refractivity contribution >= 4 is 65.0 Å². The Labute approximate surface area is 378 Å². The minimum absolute atomic E-state index is 0.0462. The average Bonchev–Trinajstić information content (AvgIpc) is 3.88. The summed E-state index contributed by atoms with van der Waals surface area (Å²) in [5, 5.41) is 26.6. The lowest BCUT2D eigenvalue weighted by Crippen LogP contribution is -2.56. The molecule has 0 unspecified atom stereocenters. The number of amides is 10. The van der Waals surface area contributed by atoms with Gasteiger partial charge in [0, 0.05) is 38.1 Å². The van der Waals surface area contributed by atoms with E-state index in [9.17, 15) is 52.7 Å². The molecule has 0 bridgehead atoms. The molecule has 0 aliphatic carbocycles. The Morgan fingerprint density at radius 3 is 1.75 bits per heavy atom. The first-order valence-electron chi connectivity index (χ1n) is 21.9. The first-order chi connectivity index (χ1) is 30.8. The quantitative estimate of drug-likeness (QED) is 0.0382. The zero-order valence-electron chi connectivity index (χ0n) is 37.4. The lowest BCUT2D eigenvalue weighted by molar-refractivity contribution is -0.140. The van der Waals surface area contributed by atoms with Gasteiger partial charge in [-0.25, -0.2) is 0 Å². The lowest BCUT2D eigenvalue weighted by atomic mass is 10.0. The van der Waals surface area contributed by atoms with Crippen molar-refractivity contribution in [3.05, 3.63) is 48.0 Å². The van der Waals surface area contributed by atoms with Crippen molar-refractivity contribution in [2.45, 2.75) is 110 Å². The highest BCUT2D eigenvalue weighted by Gasteiger charge is 2.36. The van der Waals surface area contributed by atoms with Crippen molar-refractivity contribution in [1.82, 2.24) is 47.0 Å². The summed E-state index contributed by atoms with van der Waals surface area (Å²) >= 11 is 0. The largest absolute Gasteiger partial charge is 0.480 e. The van der Waals surface area contributed by atoms with E-state index in [0.29, 0.717) is 37.7 Å². The molecule has 356 valence electrons. The molecule has 3 rings (SSSR count). The summed E-state index contributed by atoms with van der Waals surface area (Å²) in [6.07, 6.45) is 5.42. The van der Waals surface area contributed by atoms with Crippen LogP contribution in [0.1, 0.15) is 84.6 Å². The highest BCUT2D eigenvalue weighted by atomic mass is 16.4. The molecule has 0 spiro atoms. The normalized spacial score (nSPS) is 15.8. The zero-order valence-corrected chi connectivity index (χ0v) is 37.4. The molecule has 0 aromatic heterocycles. The number of nitrogens with one attached hydrogen (secondary N) is 7. The van der Waals surface area contributed by atoms with E-state index in [-0.39, 0.29) is 74.9 Å². The molecule has 10 amide bonds. The Morgan fingerprint density at radius 2 is 1.18 bits per heavy atom. The minimum atomic E-state index is -1.27. The second-order valence-electron chi connectivity index (χ2n) is 16.8. The number of carboxylic acids is 1. The lowest BCUT2D eigenvalue weighted by Gasteiger charge is -2.27. The van der Waals surface area contributed by atoms with E-state index in [1.165, 1.54) is 17.1 Å². The van der Waals surface area contributed by atoms with Crippen molar-refractivity contribution in [2.75, 3.05) is 39.3 Å². The maximum atomic E-state index is 13.5. The molecule has 2 heterocycles. The second-order valence-corrected chi connectivity index (χ2v) is 16.8. The van der Waals surface area contributed by atoms with Crippen LogP contribution in [0.4, 0.5) is 0 Å². The van der Waals surface area contributed by atoms with Gasteiger partial charge in [-0.1, -0.05) is 64.4 Å². The summed E-state index contributed by atoms with van der Waals surface area (Å²) in [5.74, 6) is -7.12. The van der Waals surface area contributed by atoms with Gasteiger partial charge in [-0.3, -0.25) is 57.6 Å². The number of carbonyl (C=O) groups is 11. The predicted octanol–water partition coefficient (Wildman–Crippen LogP) is -1.20. The second kappa shape index (κ2) is 26.8. The summed E-state index contributed by atoms with van der Waals surface area (Å²) in [7, 11) is 0. The van der Waals surface area contributed by atoms with Gasteiger partial charge >= 0.3 is 5.97 Å². The SMILES string of the molecule is CC(C)C[C@H](NC(=O)CNC(=O)[C@H](CC(C)C)NC(=O)[C@@H]1CCCN1C(=O)CNC(=O)CCCCCN1C(=O)C=CC1=O)C(=O)NCC(=O)N[C@@H](Cc1ccccc1)C(=O)NCC(=O)O. The molecule has 0 saturated carbocycles. The van der Waals surface area contributed by atoms with Gasteiger partial charge in [0.05, 0.1) is 19.6 Å². The molecule has 1 aromatic carbocycles. The molecule has 1 saturated heterocycles. The number of hydrogen-bond donors (Lipinski definition) is 8. The van der Waals surface area contributed by atoms with Gasteiger partial charge in [0.25, 0.3) is 11.8 Å². The highest BCUT2D eigenvalue weighted by molar-refractivity contribution is 6.12. The molecule has 1 aromatic rings. The summed E-state index contributed by atoms with van der Waals surface area (Å²) in [5.41, 5.74) is 0.693. The molecule has 2 aliphatic heterocycles. The fourth-order valence-corrected chi connectivity index (χ4v) is 7.18. The number of benzene rings is 1. The van der Waals surface area contributed by atoms with Gasteiger partial charge in [-0.2, -0.15) is 0 Å². The third-order valence-electron chi connectivity index (χ3n) is 10.4. The monoisotopic (exact) mass is 909 g/mol. The van der Waals surface area contributed by atoms with Gasteiger partial charge in [0.1, 0.15) is 30.7 Å². The standard InChI is InChI=1S/C44H63N9O12/c1-27(2)20-30(41(62)46-24-36(56)50-32(43(64)48-26-40(60)61)22-29-12-7-5-8-13-29)49-35(55)23-47-42(63)31(21-28(3)4)51-44(65)33-14-11-19-52(33)39(59)25-45-34(54)15-9-6-10-18-53-37(57)16-17-38(53)58/h5,7-8,12-13,16-17,27-28,30-33H,6,9-11,14-15,18-26H2,1-4H3,(H,45,54)(H,46,62)(H,47,63)(H,48,64)(H,49,55)(H,50,56)(H,51,65)(H,60,61)/t30-,31-,32-,33-/m0/s1. The number of likely N-dealkylation sites (tertiary alicyclic amines) is 1. The van der Waals surface area contributed by atoms with Crippen LogP contribution in [0, 0.1) is 11.8 Å².